The molecule has 3 N–H and O–H groups in total. The molecule has 2 aromatic rings. The molecule has 0 fully saturated rings. The monoisotopic (exact) mass is 323 g/mol. The lowest BCUT2D eigenvalue weighted by molar-refractivity contribution is -0.137. The molecule has 9 heteroatoms. The zero-order valence-electron chi connectivity index (χ0n) is 10.1. The van der Waals surface area contributed by atoms with Gasteiger partial charge >= 0.3 is 6.18 Å². The van der Waals surface area contributed by atoms with Gasteiger partial charge < -0.3 is 11.1 Å². The SMILES string of the molecule is Nc1cc(C(F)(F)F)cc(Nc2c(F)cc(F)cc2Cl)n1. The van der Waals surface area contributed by atoms with Crippen molar-refractivity contribution in [2.45, 2.75) is 6.18 Å². The minimum Gasteiger partial charge on any atom is -0.384 e. The van der Waals surface area contributed by atoms with E-state index in [0.717, 1.165) is 6.07 Å². The molecule has 1 heterocycles. The summed E-state index contributed by atoms with van der Waals surface area (Å²) in [5.74, 6) is -2.77. The van der Waals surface area contributed by atoms with Crippen LogP contribution in [0.15, 0.2) is 24.3 Å². The summed E-state index contributed by atoms with van der Waals surface area (Å²) >= 11 is 5.63. The number of pyridine rings is 1. The molecule has 0 aliphatic carbocycles. The van der Waals surface area contributed by atoms with Gasteiger partial charge in [0.1, 0.15) is 17.5 Å². The first-order valence-electron chi connectivity index (χ1n) is 5.43. The van der Waals surface area contributed by atoms with Gasteiger partial charge in [0.05, 0.1) is 16.3 Å². The van der Waals surface area contributed by atoms with Crippen molar-refractivity contribution in [2.75, 3.05) is 11.1 Å². The maximum atomic E-state index is 13.6. The average molecular weight is 324 g/mol. The Kier molecular flexibility index (Phi) is 3.91. The van der Waals surface area contributed by atoms with Gasteiger partial charge in [-0.15, -0.1) is 0 Å². The van der Waals surface area contributed by atoms with Crippen LogP contribution in [0.4, 0.5) is 39.3 Å². The number of nitrogens with two attached hydrogens (primary N) is 1. The van der Waals surface area contributed by atoms with Gasteiger partial charge in [-0.2, -0.15) is 13.2 Å². The second kappa shape index (κ2) is 5.36. The summed E-state index contributed by atoms with van der Waals surface area (Å²) in [6.07, 6.45) is -4.64. The molecule has 0 saturated heterocycles. The zero-order chi connectivity index (χ0) is 15.8. The van der Waals surface area contributed by atoms with Gasteiger partial charge in [0, 0.05) is 6.07 Å². The molecule has 3 nitrogen and oxygen atoms in total. The highest BCUT2D eigenvalue weighted by Crippen LogP contribution is 2.34. The van der Waals surface area contributed by atoms with Crippen LogP contribution in [0.2, 0.25) is 5.02 Å². The Morgan fingerprint density at radius 3 is 2.33 bits per heavy atom. The molecule has 0 aliphatic heterocycles. The molecule has 0 saturated carbocycles. The maximum absolute atomic E-state index is 13.6. The minimum absolute atomic E-state index is 0.342. The Balaban J connectivity index is 2.43. The van der Waals surface area contributed by atoms with Crippen LogP contribution >= 0.6 is 11.6 Å². The lowest BCUT2D eigenvalue weighted by Gasteiger charge is -2.12. The van der Waals surface area contributed by atoms with Crippen LogP contribution in [0.5, 0.6) is 0 Å². The lowest BCUT2D eigenvalue weighted by Crippen LogP contribution is -2.09. The predicted octanol–water partition coefficient (Wildman–Crippen LogP) is 4.36. The van der Waals surface area contributed by atoms with E-state index in [2.05, 4.69) is 10.3 Å². The molecule has 0 unspecified atom stereocenters. The second-order valence-corrected chi connectivity index (χ2v) is 4.44. The fourth-order valence-electron chi connectivity index (χ4n) is 1.57. The van der Waals surface area contributed by atoms with E-state index in [-0.39, 0.29) is 10.8 Å². The van der Waals surface area contributed by atoms with E-state index in [0.29, 0.717) is 18.2 Å². The molecule has 1 aromatic carbocycles. The summed E-state index contributed by atoms with van der Waals surface area (Å²) in [5, 5.41) is 1.91. The van der Waals surface area contributed by atoms with Gasteiger partial charge in [0.2, 0.25) is 0 Å². The number of hydrogen-bond donors (Lipinski definition) is 2. The van der Waals surface area contributed by atoms with Crippen LogP contribution in [0.1, 0.15) is 5.56 Å². The second-order valence-electron chi connectivity index (χ2n) is 4.03. The van der Waals surface area contributed by atoms with Crippen molar-refractivity contribution in [1.82, 2.24) is 4.98 Å². The fourth-order valence-corrected chi connectivity index (χ4v) is 1.81. The number of anilines is 3. The van der Waals surface area contributed by atoms with Crippen molar-refractivity contribution in [3.05, 3.63) is 46.5 Å². The fraction of sp³-hybridized carbons (Fsp3) is 0.0833. The van der Waals surface area contributed by atoms with Gasteiger partial charge in [-0.25, -0.2) is 13.8 Å². The summed E-state index contributed by atoms with van der Waals surface area (Å²) in [6.45, 7) is 0. The maximum Gasteiger partial charge on any atom is 0.416 e. The molecule has 112 valence electrons. The third-order valence-corrected chi connectivity index (χ3v) is 2.73. The molecular weight excluding hydrogens is 317 g/mol. The van der Waals surface area contributed by atoms with Crippen molar-refractivity contribution in [1.29, 1.82) is 0 Å². The Hall–Kier alpha value is -2.09. The summed E-state index contributed by atoms with van der Waals surface area (Å²) in [6, 6.07) is 2.61. The zero-order valence-corrected chi connectivity index (χ0v) is 10.9. The van der Waals surface area contributed by atoms with E-state index in [9.17, 15) is 22.0 Å². The number of halogens is 6. The number of aromatic nitrogens is 1. The van der Waals surface area contributed by atoms with Crippen molar-refractivity contribution in [3.8, 4) is 0 Å². The molecular formula is C12H7ClF5N3. The van der Waals surface area contributed by atoms with Gasteiger partial charge in [0.25, 0.3) is 0 Å². The van der Waals surface area contributed by atoms with E-state index >= 15 is 0 Å². The smallest absolute Gasteiger partial charge is 0.384 e. The van der Waals surface area contributed by atoms with Crippen molar-refractivity contribution >= 4 is 28.9 Å². The molecule has 0 amide bonds. The Morgan fingerprint density at radius 2 is 1.76 bits per heavy atom. The average Bonchev–Trinajstić information content (AvgIpc) is 2.32. The molecule has 21 heavy (non-hydrogen) atoms. The summed E-state index contributed by atoms with van der Waals surface area (Å²) in [5.41, 5.74) is 3.81. The number of nitrogen functional groups attached to an aromatic ring is 1. The number of nitrogens with one attached hydrogen (secondary N) is 1. The van der Waals surface area contributed by atoms with Crippen LogP contribution in [-0.4, -0.2) is 4.98 Å². The third-order valence-electron chi connectivity index (χ3n) is 2.43. The van der Waals surface area contributed by atoms with E-state index in [4.69, 9.17) is 17.3 Å². The third kappa shape index (κ3) is 3.52. The first-order valence-corrected chi connectivity index (χ1v) is 5.81. The summed E-state index contributed by atoms with van der Waals surface area (Å²) in [4.78, 5) is 3.59. The van der Waals surface area contributed by atoms with E-state index in [1.54, 1.807) is 0 Å². The highest BCUT2D eigenvalue weighted by molar-refractivity contribution is 6.33. The Bertz CT molecular complexity index is 664. The first kappa shape index (κ1) is 15.3. The first-order chi connectivity index (χ1) is 9.66. The van der Waals surface area contributed by atoms with Crippen LogP contribution in [0.25, 0.3) is 0 Å². The number of rotatable bonds is 2. The van der Waals surface area contributed by atoms with Crippen molar-refractivity contribution < 1.29 is 22.0 Å². The summed E-state index contributed by atoms with van der Waals surface area (Å²) in [7, 11) is 0. The Labute approximate surface area is 120 Å². The molecule has 0 spiro atoms. The normalized spacial score (nSPS) is 11.5. The van der Waals surface area contributed by atoms with Crippen LogP contribution < -0.4 is 11.1 Å². The van der Waals surface area contributed by atoms with E-state index in [1.807, 2.05) is 0 Å². The van der Waals surface area contributed by atoms with Crippen LogP contribution in [-0.2, 0) is 6.18 Å². The van der Waals surface area contributed by atoms with Crippen LogP contribution in [0, 0.1) is 11.6 Å². The number of hydrogen-bond acceptors (Lipinski definition) is 3. The van der Waals surface area contributed by atoms with Crippen molar-refractivity contribution in [2.24, 2.45) is 0 Å². The lowest BCUT2D eigenvalue weighted by atomic mass is 10.2. The van der Waals surface area contributed by atoms with E-state index in [1.165, 1.54) is 0 Å². The molecule has 0 bridgehead atoms. The van der Waals surface area contributed by atoms with Gasteiger partial charge in [-0.1, -0.05) is 11.6 Å². The minimum atomic E-state index is -4.64. The van der Waals surface area contributed by atoms with Gasteiger partial charge in [-0.05, 0) is 18.2 Å². The quantitative estimate of drug-likeness (QED) is 0.807. The van der Waals surface area contributed by atoms with Crippen LogP contribution in [0.3, 0.4) is 0 Å². The standard InChI is InChI=1S/C12H7ClF5N3/c13-7-3-6(14)4-8(15)11(7)21-10-2-5(12(16,17)18)1-9(19)20-10/h1-4H,(H3,19,20,21). The largest absolute Gasteiger partial charge is 0.416 e. The number of benzene rings is 1. The summed E-state index contributed by atoms with van der Waals surface area (Å²) < 4.78 is 64.4. The van der Waals surface area contributed by atoms with Gasteiger partial charge in [-0.3, -0.25) is 0 Å². The number of alkyl halides is 3. The van der Waals surface area contributed by atoms with E-state index < -0.39 is 34.9 Å². The Morgan fingerprint density at radius 1 is 1.10 bits per heavy atom. The molecule has 0 aliphatic rings. The molecule has 2 rings (SSSR count). The number of nitrogens with zero attached hydrogens (tertiary/aromatic N) is 1. The highest BCUT2D eigenvalue weighted by Gasteiger charge is 2.31. The molecule has 0 atom stereocenters. The van der Waals surface area contributed by atoms with Gasteiger partial charge in [0.15, 0.2) is 5.82 Å². The van der Waals surface area contributed by atoms with Crippen molar-refractivity contribution in [3.63, 3.8) is 0 Å². The predicted molar refractivity (Wildman–Crippen MR) is 68.3 cm³/mol. The topological polar surface area (TPSA) is 50.9 Å². The highest BCUT2D eigenvalue weighted by atomic mass is 35.5. The molecule has 0 radical (unpaired) electrons. The molecule has 1 aromatic heterocycles.